The third-order valence-corrected chi connectivity index (χ3v) is 3.99. The van der Waals surface area contributed by atoms with E-state index in [0.29, 0.717) is 16.2 Å². The van der Waals surface area contributed by atoms with Gasteiger partial charge in [-0.1, -0.05) is 49.4 Å². The summed E-state index contributed by atoms with van der Waals surface area (Å²) in [5, 5.41) is 1.14. The molecule has 1 fully saturated rings. The highest BCUT2D eigenvalue weighted by molar-refractivity contribution is 6.34. The fourth-order valence-electron chi connectivity index (χ4n) is 2.46. The number of hydrogen-bond donors (Lipinski definition) is 0. The van der Waals surface area contributed by atoms with Gasteiger partial charge in [0.1, 0.15) is 16.1 Å². The Balaban J connectivity index is 2.22. The van der Waals surface area contributed by atoms with Crippen molar-refractivity contribution in [3.63, 3.8) is 0 Å². The van der Waals surface area contributed by atoms with Crippen LogP contribution in [-0.2, 0) is 6.42 Å². The predicted octanol–water partition coefficient (Wildman–Crippen LogP) is 4.78. The highest BCUT2D eigenvalue weighted by Gasteiger charge is 2.24. The number of rotatable bonds is 4. The summed E-state index contributed by atoms with van der Waals surface area (Å²) < 4.78 is 0. The SMILES string of the molecule is CCCCc1nc(Cl)c(C2CCCC2)c(Cl)n1. The molecule has 17 heavy (non-hydrogen) atoms. The molecule has 0 aromatic carbocycles. The van der Waals surface area contributed by atoms with E-state index in [-0.39, 0.29) is 0 Å². The number of halogens is 2. The highest BCUT2D eigenvalue weighted by atomic mass is 35.5. The second-order valence-electron chi connectivity index (χ2n) is 4.72. The molecule has 0 bridgehead atoms. The summed E-state index contributed by atoms with van der Waals surface area (Å²) in [5.74, 6) is 1.25. The summed E-state index contributed by atoms with van der Waals surface area (Å²) in [6.45, 7) is 2.15. The molecule has 0 spiro atoms. The van der Waals surface area contributed by atoms with Crippen molar-refractivity contribution in [1.29, 1.82) is 0 Å². The van der Waals surface area contributed by atoms with Crippen molar-refractivity contribution in [2.24, 2.45) is 0 Å². The Bertz CT molecular complexity index is 364. The maximum Gasteiger partial charge on any atom is 0.137 e. The van der Waals surface area contributed by atoms with E-state index in [1.54, 1.807) is 0 Å². The monoisotopic (exact) mass is 272 g/mol. The van der Waals surface area contributed by atoms with Crippen LogP contribution in [-0.4, -0.2) is 9.97 Å². The second-order valence-corrected chi connectivity index (χ2v) is 5.44. The van der Waals surface area contributed by atoms with Gasteiger partial charge in [-0.05, 0) is 25.2 Å². The van der Waals surface area contributed by atoms with Crippen LogP contribution >= 0.6 is 23.2 Å². The van der Waals surface area contributed by atoms with Crippen LogP contribution in [0.3, 0.4) is 0 Å². The zero-order valence-electron chi connectivity index (χ0n) is 10.2. The van der Waals surface area contributed by atoms with Crippen molar-refractivity contribution in [1.82, 2.24) is 9.97 Å². The van der Waals surface area contributed by atoms with Crippen LogP contribution in [0.5, 0.6) is 0 Å². The van der Waals surface area contributed by atoms with Crippen molar-refractivity contribution in [2.45, 2.75) is 57.8 Å². The fraction of sp³-hybridized carbons (Fsp3) is 0.692. The largest absolute Gasteiger partial charge is 0.221 e. The summed E-state index contributed by atoms with van der Waals surface area (Å²) in [6, 6.07) is 0. The molecule has 0 N–H and O–H groups in total. The minimum atomic E-state index is 0.468. The molecule has 1 aliphatic carbocycles. The smallest absolute Gasteiger partial charge is 0.137 e. The number of aryl methyl sites for hydroxylation is 1. The predicted molar refractivity (Wildman–Crippen MR) is 71.9 cm³/mol. The quantitative estimate of drug-likeness (QED) is 0.737. The lowest BCUT2D eigenvalue weighted by Crippen LogP contribution is -2.04. The zero-order valence-corrected chi connectivity index (χ0v) is 11.7. The van der Waals surface area contributed by atoms with Crippen LogP contribution in [0, 0.1) is 0 Å². The Labute approximate surface area is 113 Å². The molecule has 1 aromatic heterocycles. The lowest BCUT2D eigenvalue weighted by Gasteiger charge is -2.13. The van der Waals surface area contributed by atoms with Gasteiger partial charge in [0, 0.05) is 12.0 Å². The van der Waals surface area contributed by atoms with E-state index in [0.717, 1.165) is 43.5 Å². The first kappa shape index (κ1) is 13.1. The van der Waals surface area contributed by atoms with Gasteiger partial charge in [0.05, 0.1) is 0 Å². The minimum absolute atomic E-state index is 0.468. The third-order valence-electron chi connectivity index (χ3n) is 3.42. The van der Waals surface area contributed by atoms with Gasteiger partial charge in [-0.15, -0.1) is 0 Å². The van der Waals surface area contributed by atoms with Gasteiger partial charge < -0.3 is 0 Å². The molecule has 0 unspecified atom stereocenters. The van der Waals surface area contributed by atoms with Crippen LogP contribution in [0.25, 0.3) is 0 Å². The van der Waals surface area contributed by atoms with Crippen LogP contribution in [0.15, 0.2) is 0 Å². The van der Waals surface area contributed by atoms with Gasteiger partial charge in [0.25, 0.3) is 0 Å². The van der Waals surface area contributed by atoms with Crippen molar-refractivity contribution in [3.8, 4) is 0 Å². The molecule has 2 nitrogen and oxygen atoms in total. The van der Waals surface area contributed by atoms with E-state index >= 15 is 0 Å². The molecule has 0 aliphatic heterocycles. The first-order chi connectivity index (χ1) is 8.22. The van der Waals surface area contributed by atoms with Gasteiger partial charge in [-0.3, -0.25) is 0 Å². The van der Waals surface area contributed by atoms with E-state index in [1.807, 2.05) is 0 Å². The number of aromatic nitrogens is 2. The van der Waals surface area contributed by atoms with Crippen LogP contribution in [0.2, 0.25) is 10.3 Å². The molecule has 0 atom stereocenters. The van der Waals surface area contributed by atoms with Crippen LogP contribution in [0.1, 0.15) is 62.8 Å². The summed E-state index contributed by atoms with van der Waals surface area (Å²) in [5.41, 5.74) is 0.978. The normalized spacial score (nSPS) is 16.6. The Morgan fingerprint density at radius 3 is 2.24 bits per heavy atom. The van der Waals surface area contributed by atoms with E-state index in [9.17, 15) is 0 Å². The van der Waals surface area contributed by atoms with E-state index in [4.69, 9.17) is 23.2 Å². The Kier molecular flexibility index (Phi) is 4.63. The molecule has 2 rings (SSSR count). The van der Waals surface area contributed by atoms with Crippen molar-refractivity contribution in [2.75, 3.05) is 0 Å². The van der Waals surface area contributed by atoms with Crippen LogP contribution < -0.4 is 0 Å². The maximum absolute atomic E-state index is 6.26. The number of hydrogen-bond acceptors (Lipinski definition) is 2. The van der Waals surface area contributed by atoms with Gasteiger partial charge >= 0.3 is 0 Å². The van der Waals surface area contributed by atoms with Crippen LogP contribution in [0.4, 0.5) is 0 Å². The molecule has 0 saturated heterocycles. The van der Waals surface area contributed by atoms with Crippen molar-refractivity contribution >= 4 is 23.2 Å². The molecule has 94 valence electrons. The molecule has 1 aromatic rings. The third kappa shape index (κ3) is 3.11. The number of nitrogens with zero attached hydrogens (tertiary/aromatic N) is 2. The maximum atomic E-state index is 6.26. The average Bonchev–Trinajstić information content (AvgIpc) is 2.79. The highest BCUT2D eigenvalue weighted by Crippen LogP contribution is 2.39. The molecular formula is C13H18Cl2N2. The molecule has 4 heteroatoms. The van der Waals surface area contributed by atoms with Gasteiger partial charge in [0.2, 0.25) is 0 Å². The van der Waals surface area contributed by atoms with Gasteiger partial charge in [-0.25, -0.2) is 9.97 Å². The first-order valence-electron chi connectivity index (χ1n) is 6.44. The summed E-state index contributed by atoms with van der Waals surface area (Å²) in [4.78, 5) is 8.77. The molecule has 1 saturated carbocycles. The molecule has 1 aliphatic rings. The van der Waals surface area contributed by atoms with Crippen molar-refractivity contribution < 1.29 is 0 Å². The number of unbranched alkanes of at least 4 members (excludes halogenated alkanes) is 1. The van der Waals surface area contributed by atoms with Gasteiger partial charge in [0.15, 0.2) is 0 Å². The van der Waals surface area contributed by atoms with E-state index < -0.39 is 0 Å². The molecular weight excluding hydrogens is 255 g/mol. The lowest BCUT2D eigenvalue weighted by atomic mass is 10.0. The Hall–Kier alpha value is -0.340. The summed E-state index contributed by atoms with van der Waals surface area (Å²) in [6.07, 6.45) is 7.91. The second kappa shape index (κ2) is 6.01. The van der Waals surface area contributed by atoms with E-state index in [2.05, 4.69) is 16.9 Å². The zero-order chi connectivity index (χ0) is 12.3. The van der Waals surface area contributed by atoms with Crippen molar-refractivity contribution in [3.05, 3.63) is 21.7 Å². The Morgan fingerprint density at radius 2 is 1.71 bits per heavy atom. The fourth-order valence-corrected chi connectivity index (χ4v) is 3.19. The topological polar surface area (TPSA) is 25.8 Å². The first-order valence-corrected chi connectivity index (χ1v) is 7.19. The molecule has 0 radical (unpaired) electrons. The van der Waals surface area contributed by atoms with E-state index in [1.165, 1.54) is 12.8 Å². The standard InChI is InChI=1S/C13H18Cl2N2/c1-2-3-8-10-16-12(14)11(13(15)17-10)9-6-4-5-7-9/h9H,2-8H2,1H3. The Morgan fingerprint density at radius 1 is 1.12 bits per heavy atom. The average molecular weight is 273 g/mol. The summed E-state index contributed by atoms with van der Waals surface area (Å²) >= 11 is 12.5. The molecule has 0 amide bonds. The lowest BCUT2D eigenvalue weighted by molar-refractivity contribution is 0.700. The minimum Gasteiger partial charge on any atom is -0.221 e. The molecule has 1 heterocycles. The summed E-state index contributed by atoms with van der Waals surface area (Å²) in [7, 11) is 0. The van der Waals surface area contributed by atoms with Gasteiger partial charge in [-0.2, -0.15) is 0 Å².